The molecule has 2 heterocycles. The van der Waals surface area contributed by atoms with E-state index >= 15 is 0 Å². The fraction of sp³-hybridized carbons (Fsp3) is 0.276. The lowest BCUT2D eigenvalue weighted by atomic mass is 10.0. The zero-order chi connectivity index (χ0) is 24.2. The maximum absolute atomic E-state index is 5.77. The normalized spacial score (nSPS) is 15.2. The highest BCUT2D eigenvalue weighted by Gasteiger charge is 2.32. The average molecular weight is 470 g/mol. The molecule has 0 aromatic heterocycles. The number of hydrogen-bond donors (Lipinski definition) is 0. The van der Waals surface area contributed by atoms with E-state index in [4.69, 9.17) is 19.2 Å². The summed E-state index contributed by atoms with van der Waals surface area (Å²) in [5.74, 6) is 3.42. The molecule has 0 atom stereocenters. The van der Waals surface area contributed by atoms with E-state index in [9.17, 15) is 0 Å². The highest BCUT2D eigenvalue weighted by atomic mass is 16.5. The van der Waals surface area contributed by atoms with Gasteiger partial charge in [0, 0.05) is 42.2 Å². The minimum absolute atomic E-state index is 0.618. The molecule has 2 aliphatic rings. The summed E-state index contributed by atoms with van der Waals surface area (Å²) in [5, 5.41) is 0. The van der Waals surface area contributed by atoms with Gasteiger partial charge in [-0.25, -0.2) is 0 Å². The number of benzene rings is 3. The Labute approximate surface area is 207 Å². The lowest BCUT2D eigenvalue weighted by molar-refractivity contribution is 0.336. The molecule has 2 aliphatic heterocycles. The Balaban J connectivity index is 1.53. The quantitative estimate of drug-likeness (QED) is 0.422. The van der Waals surface area contributed by atoms with Gasteiger partial charge in [0.05, 0.1) is 26.5 Å². The molecule has 5 rings (SSSR count). The van der Waals surface area contributed by atoms with E-state index < -0.39 is 0 Å². The lowest BCUT2D eigenvalue weighted by Gasteiger charge is -2.25. The maximum Gasteiger partial charge on any atom is 0.210 e. The fourth-order valence-corrected chi connectivity index (χ4v) is 4.66. The summed E-state index contributed by atoms with van der Waals surface area (Å²) in [5.41, 5.74) is 5.36. The molecule has 0 bridgehead atoms. The molecule has 0 saturated heterocycles. The number of ether oxygens (including phenoxy) is 3. The van der Waals surface area contributed by atoms with Gasteiger partial charge in [-0.05, 0) is 55.7 Å². The van der Waals surface area contributed by atoms with E-state index in [1.165, 1.54) is 0 Å². The minimum atomic E-state index is 0.618. The molecule has 6 nitrogen and oxygen atoms in total. The van der Waals surface area contributed by atoms with Gasteiger partial charge in [-0.15, -0.1) is 0 Å². The smallest absolute Gasteiger partial charge is 0.210 e. The molecule has 0 fully saturated rings. The molecule has 35 heavy (non-hydrogen) atoms. The first-order valence-corrected chi connectivity index (χ1v) is 12.1. The number of fused-ring (bicyclic) bond motifs is 1. The SMILES string of the molecule is CCOc1ccc(C2=CN(c3ccc(-c4ccccc4OC)cc3)C3=NCCCCN23)c(OC)c1. The van der Waals surface area contributed by atoms with Crippen LogP contribution in [0.25, 0.3) is 16.8 Å². The first kappa shape index (κ1) is 22.8. The second-order valence-corrected chi connectivity index (χ2v) is 8.47. The fourth-order valence-electron chi connectivity index (χ4n) is 4.66. The highest BCUT2D eigenvalue weighted by molar-refractivity contribution is 6.08. The Morgan fingerprint density at radius 1 is 0.857 bits per heavy atom. The van der Waals surface area contributed by atoms with Crippen molar-refractivity contribution < 1.29 is 14.2 Å². The minimum Gasteiger partial charge on any atom is -0.496 e. The highest BCUT2D eigenvalue weighted by Crippen LogP contribution is 2.39. The monoisotopic (exact) mass is 469 g/mol. The topological polar surface area (TPSA) is 46.5 Å². The van der Waals surface area contributed by atoms with Crippen LogP contribution in [0.4, 0.5) is 5.69 Å². The summed E-state index contributed by atoms with van der Waals surface area (Å²) in [4.78, 5) is 9.45. The second kappa shape index (κ2) is 10.1. The standard InChI is InChI=1S/C29H31N3O3/c1-4-35-23-15-16-25(28(19-23)34-3)26-20-32(29-30-17-7-8-18-31(26)29)22-13-11-21(12-14-22)24-9-5-6-10-27(24)33-2/h5-6,9-16,19-20H,4,7-8,17-18H2,1-3H3. The number of methoxy groups -OCH3 is 2. The largest absolute Gasteiger partial charge is 0.496 e. The van der Waals surface area contributed by atoms with Crippen LogP contribution < -0.4 is 19.1 Å². The molecule has 0 saturated carbocycles. The summed E-state index contributed by atoms with van der Waals surface area (Å²) < 4.78 is 17.0. The van der Waals surface area contributed by atoms with E-state index in [2.05, 4.69) is 52.4 Å². The van der Waals surface area contributed by atoms with E-state index in [1.807, 2.05) is 37.3 Å². The van der Waals surface area contributed by atoms with Gasteiger partial charge in [-0.1, -0.05) is 30.3 Å². The molecular weight excluding hydrogens is 438 g/mol. The van der Waals surface area contributed by atoms with Crippen molar-refractivity contribution >= 4 is 17.3 Å². The van der Waals surface area contributed by atoms with Gasteiger partial charge in [-0.3, -0.25) is 9.89 Å². The van der Waals surface area contributed by atoms with Gasteiger partial charge < -0.3 is 19.1 Å². The lowest BCUT2D eigenvalue weighted by Crippen LogP contribution is -2.34. The van der Waals surface area contributed by atoms with E-state index in [0.29, 0.717) is 6.61 Å². The summed E-state index contributed by atoms with van der Waals surface area (Å²) in [6.07, 6.45) is 4.33. The Hall–Kier alpha value is -3.93. The maximum atomic E-state index is 5.77. The summed E-state index contributed by atoms with van der Waals surface area (Å²) >= 11 is 0. The first-order valence-electron chi connectivity index (χ1n) is 12.1. The van der Waals surface area contributed by atoms with Crippen LogP contribution in [0.5, 0.6) is 17.2 Å². The van der Waals surface area contributed by atoms with Crippen LogP contribution in [0, 0.1) is 0 Å². The number of para-hydroxylation sites is 1. The first-order chi connectivity index (χ1) is 17.2. The van der Waals surface area contributed by atoms with Crippen LogP contribution >= 0.6 is 0 Å². The Kier molecular flexibility index (Phi) is 6.62. The number of rotatable bonds is 7. The molecule has 0 aliphatic carbocycles. The number of aliphatic imine (C=N–C) groups is 1. The van der Waals surface area contributed by atoms with Crippen molar-refractivity contribution in [3.05, 3.63) is 78.5 Å². The predicted octanol–water partition coefficient (Wildman–Crippen LogP) is 6.04. The number of guanidine groups is 1. The van der Waals surface area contributed by atoms with Gasteiger partial charge in [0.1, 0.15) is 17.2 Å². The molecule has 0 spiro atoms. The predicted molar refractivity (Wildman–Crippen MR) is 141 cm³/mol. The Morgan fingerprint density at radius 2 is 1.66 bits per heavy atom. The van der Waals surface area contributed by atoms with E-state index in [-0.39, 0.29) is 0 Å². The van der Waals surface area contributed by atoms with Crippen molar-refractivity contribution in [2.24, 2.45) is 4.99 Å². The molecule has 0 unspecified atom stereocenters. The number of anilines is 1. The van der Waals surface area contributed by atoms with Gasteiger partial charge >= 0.3 is 0 Å². The van der Waals surface area contributed by atoms with E-state index in [1.54, 1.807) is 14.2 Å². The third-order valence-electron chi connectivity index (χ3n) is 6.37. The third-order valence-corrected chi connectivity index (χ3v) is 6.37. The molecule has 3 aromatic carbocycles. The van der Waals surface area contributed by atoms with Crippen LogP contribution in [-0.4, -0.2) is 44.8 Å². The van der Waals surface area contributed by atoms with Crippen LogP contribution in [-0.2, 0) is 0 Å². The number of hydrogen-bond acceptors (Lipinski definition) is 6. The average Bonchev–Trinajstić information content (AvgIpc) is 3.08. The van der Waals surface area contributed by atoms with Gasteiger partial charge in [0.15, 0.2) is 0 Å². The molecule has 6 heteroatoms. The van der Waals surface area contributed by atoms with Crippen LogP contribution in [0.3, 0.4) is 0 Å². The van der Waals surface area contributed by atoms with Crippen molar-refractivity contribution in [2.75, 3.05) is 38.8 Å². The summed E-state index contributed by atoms with van der Waals surface area (Å²) in [7, 11) is 3.41. The van der Waals surface area contributed by atoms with Crippen molar-refractivity contribution in [3.8, 4) is 28.4 Å². The van der Waals surface area contributed by atoms with Crippen molar-refractivity contribution in [1.82, 2.24) is 4.90 Å². The molecule has 0 N–H and O–H groups in total. The van der Waals surface area contributed by atoms with Gasteiger partial charge in [0.25, 0.3) is 0 Å². The second-order valence-electron chi connectivity index (χ2n) is 8.47. The third kappa shape index (κ3) is 4.44. The number of nitrogens with zero attached hydrogens (tertiary/aromatic N) is 3. The molecule has 3 aromatic rings. The summed E-state index contributed by atoms with van der Waals surface area (Å²) in [6.45, 7) is 4.34. The van der Waals surface area contributed by atoms with E-state index in [0.717, 1.165) is 77.2 Å². The van der Waals surface area contributed by atoms with Crippen LogP contribution in [0.2, 0.25) is 0 Å². The Bertz CT molecular complexity index is 1250. The molecular formula is C29H31N3O3. The molecule has 0 amide bonds. The van der Waals surface area contributed by atoms with Crippen molar-refractivity contribution in [3.63, 3.8) is 0 Å². The zero-order valence-corrected chi connectivity index (χ0v) is 20.5. The Morgan fingerprint density at radius 3 is 2.43 bits per heavy atom. The summed E-state index contributed by atoms with van der Waals surface area (Å²) in [6, 6.07) is 22.7. The van der Waals surface area contributed by atoms with Gasteiger partial charge in [-0.2, -0.15) is 0 Å². The van der Waals surface area contributed by atoms with Crippen molar-refractivity contribution in [2.45, 2.75) is 19.8 Å². The van der Waals surface area contributed by atoms with Gasteiger partial charge in [0.2, 0.25) is 5.96 Å². The van der Waals surface area contributed by atoms with Crippen LogP contribution in [0.1, 0.15) is 25.3 Å². The molecule has 0 radical (unpaired) electrons. The zero-order valence-electron chi connectivity index (χ0n) is 20.5. The van der Waals surface area contributed by atoms with Crippen molar-refractivity contribution in [1.29, 1.82) is 0 Å². The molecule has 180 valence electrons. The van der Waals surface area contributed by atoms with Crippen LogP contribution in [0.15, 0.2) is 77.9 Å².